The first-order valence-corrected chi connectivity index (χ1v) is 11.1. The van der Waals surface area contributed by atoms with Crippen LogP contribution in [-0.2, 0) is 0 Å². The summed E-state index contributed by atoms with van der Waals surface area (Å²) in [5, 5.41) is 21.8. The van der Waals surface area contributed by atoms with Crippen molar-refractivity contribution < 1.29 is 9.18 Å². The Morgan fingerprint density at radius 3 is 2.73 bits per heavy atom. The van der Waals surface area contributed by atoms with E-state index in [2.05, 4.69) is 36.5 Å². The van der Waals surface area contributed by atoms with Crippen LogP contribution in [0.5, 0.6) is 0 Å². The van der Waals surface area contributed by atoms with Gasteiger partial charge in [-0.3, -0.25) is 9.78 Å². The van der Waals surface area contributed by atoms with Gasteiger partial charge in [0.25, 0.3) is 5.91 Å². The summed E-state index contributed by atoms with van der Waals surface area (Å²) in [6.45, 7) is 10.2. The van der Waals surface area contributed by atoms with Gasteiger partial charge in [-0.15, -0.1) is 5.10 Å². The molecule has 1 fully saturated rings. The summed E-state index contributed by atoms with van der Waals surface area (Å²) in [5.41, 5.74) is 2.31. The van der Waals surface area contributed by atoms with Gasteiger partial charge in [0, 0.05) is 55.0 Å². The Labute approximate surface area is 192 Å². The summed E-state index contributed by atoms with van der Waals surface area (Å²) in [5.74, 6) is -0.0171. The highest BCUT2D eigenvalue weighted by atomic mass is 19.1. The smallest absolute Gasteiger partial charge is 0.251 e. The first-order valence-electron chi connectivity index (χ1n) is 11.1. The summed E-state index contributed by atoms with van der Waals surface area (Å²) >= 11 is 0. The van der Waals surface area contributed by atoms with Crippen LogP contribution in [0.4, 0.5) is 4.39 Å². The van der Waals surface area contributed by atoms with Gasteiger partial charge in [-0.05, 0) is 54.1 Å². The molecule has 1 aliphatic heterocycles. The van der Waals surface area contributed by atoms with Gasteiger partial charge in [0.15, 0.2) is 5.82 Å². The third-order valence-electron chi connectivity index (χ3n) is 5.72. The molecule has 0 radical (unpaired) electrons. The number of aryl methyl sites for hydroxylation is 1. The maximum absolute atomic E-state index is 14.8. The molecule has 2 unspecified atom stereocenters. The number of carbonyl (C=O) groups is 1. The highest BCUT2D eigenvalue weighted by Crippen LogP contribution is 2.26. The third-order valence-corrected chi connectivity index (χ3v) is 5.72. The molecule has 3 aromatic rings. The molecule has 174 valence electrons. The molecule has 1 amide bonds. The Morgan fingerprint density at radius 1 is 1.21 bits per heavy atom. The van der Waals surface area contributed by atoms with Crippen LogP contribution >= 0.6 is 0 Å². The first-order chi connectivity index (χ1) is 15.8. The summed E-state index contributed by atoms with van der Waals surface area (Å²) in [7, 11) is 0. The number of nitrogens with zero attached hydrogens (tertiary/aromatic N) is 5. The predicted molar refractivity (Wildman–Crippen MR) is 123 cm³/mol. The van der Waals surface area contributed by atoms with E-state index in [1.165, 1.54) is 6.07 Å². The zero-order chi connectivity index (χ0) is 23.5. The van der Waals surface area contributed by atoms with Crippen LogP contribution in [0.3, 0.4) is 0 Å². The van der Waals surface area contributed by atoms with Crippen molar-refractivity contribution in [2.45, 2.75) is 45.7 Å². The average molecular weight is 453 g/mol. The lowest BCUT2D eigenvalue weighted by Crippen LogP contribution is -2.57. The second-order valence-corrected chi connectivity index (χ2v) is 8.74. The second-order valence-electron chi connectivity index (χ2n) is 8.74. The maximum atomic E-state index is 14.8. The SMILES string of the molecule is Cc1cnc(-c2cc(C(=O)NC(C)C3CNCCN3)cc(-n3nnnc3C(C)C)c2)c(F)c1. The fourth-order valence-corrected chi connectivity index (χ4v) is 3.91. The second kappa shape index (κ2) is 9.72. The average Bonchev–Trinajstić information content (AvgIpc) is 3.30. The fourth-order valence-electron chi connectivity index (χ4n) is 3.91. The largest absolute Gasteiger partial charge is 0.348 e. The predicted octanol–water partition coefficient (Wildman–Crippen LogP) is 1.97. The van der Waals surface area contributed by atoms with Crippen molar-refractivity contribution in [3.8, 4) is 16.9 Å². The molecule has 10 heteroatoms. The molecule has 0 saturated carbocycles. The van der Waals surface area contributed by atoms with E-state index in [9.17, 15) is 9.18 Å². The van der Waals surface area contributed by atoms with Gasteiger partial charge < -0.3 is 16.0 Å². The van der Waals surface area contributed by atoms with Crippen LogP contribution in [0, 0.1) is 12.7 Å². The van der Waals surface area contributed by atoms with Crippen molar-refractivity contribution in [2.24, 2.45) is 0 Å². The number of amides is 1. The summed E-state index contributed by atoms with van der Waals surface area (Å²) < 4.78 is 16.4. The first kappa shape index (κ1) is 22.9. The van der Waals surface area contributed by atoms with E-state index < -0.39 is 5.82 Å². The Kier molecular flexibility index (Phi) is 6.75. The molecule has 2 atom stereocenters. The number of carbonyl (C=O) groups excluding carboxylic acids is 1. The van der Waals surface area contributed by atoms with Gasteiger partial charge in [-0.25, -0.2) is 4.39 Å². The Morgan fingerprint density at radius 2 is 2.03 bits per heavy atom. The molecule has 1 aromatic carbocycles. The Balaban J connectivity index is 1.74. The molecular weight excluding hydrogens is 423 g/mol. The molecule has 1 saturated heterocycles. The lowest BCUT2D eigenvalue weighted by molar-refractivity contribution is 0.0929. The summed E-state index contributed by atoms with van der Waals surface area (Å²) in [6, 6.07) is 6.55. The number of halogens is 1. The van der Waals surface area contributed by atoms with E-state index >= 15 is 0 Å². The summed E-state index contributed by atoms with van der Waals surface area (Å²) in [6.07, 6.45) is 1.60. The molecule has 0 spiro atoms. The highest BCUT2D eigenvalue weighted by Gasteiger charge is 2.23. The molecule has 0 aliphatic carbocycles. The number of hydrogen-bond donors (Lipinski definition) is 3. The van der Waals surface area contributed by atoms with Crippen molar-refractivity contribution in [1.82, 2.24) is 41.1 Å². The van der Waals surface area contributed by atoms with E-state index in [1.807, 2.05) is 20.8 Å². The number of pyridine rings is 1. The fraction of sp³-hybridized carbons (Fsp3) is 0.435. The molecule has 3 N–H and O–H groups in total. The van der Waals surface area contributed by atoms with Crippen LogP contribution in [0.25, 0.3) is 16.9 Å². The van der Waals surface area contributed by atoms with Crippen molar-refractivity contribution in [2.75, 3.05) is 19.6 Å². The Bertz CT molecular complexity index is 1140. The van der Waals surface area contributed by atoms with Gasteiger partial charge in [-0.1, -0.05) is 13.8 Å². The summed E-state index contributed by atoms with van der Waals surface area (Å²) in [4.78, 5) is 17.5. The molecule has 33 heavy (non-hydrogen) atoms. The van der Waals surface area contributed by atoms with Gasteiger partial charge in [-0.2, -0.15) is 4.68 Å². The van der Waals surface area contributed by atoms with E-state index in [0.29, 0.717) is 22.6 Å². The van der Waals surface area contributed by atoms with Gasteiger partial charge in [0.1, 0.15) is 11.5 Å². The van der Waals surface area contributed by atoms with Gasteiger partial charge in [0.2, 0.25) is 0 Å². The zero-order valence-electron chi connectivity index (χ0n) is 19.3. The molecule has 1 aliphatic rings. The van der Waals surface area contributed by atoms with Crippen LogP contribution in [0.2, 0.25) is 0 Å². The minimum Gasteiger partial charge on any atom is -0.348 e. The molecule has 0 bridgehead atoms. The van der Waals surface area contributed by atoms with Gasteiger partial charge >= 0.3 is 0 Å². The minimum absolute atomic E-state index is 0.0556. The van der Waals surface area contributed by atoms with E-state index in [0.717, 1.165) is 25.2 Å². The highest BCUT2D eigenvalue weighted by molar-refractivity contribution is 5.96. The molecule has 4 rings (SSSR count). The standard InChI is InChI=1S/C23H29FN8O/c1-13(2)22-29-30-31-32(22)18-9-16(21-19(24)7-14(3)11-27-21)8-17(10-18)23(33)28-15(4)20-12-25-5-6-26-20/h7-11,13,15,20,25-26H,5-6,12H2,1-4H3,(H,28,33). The minimum atomic E-state index is -0.454. The number of rotatable bonds is 6. The monoisotopic (exact) mass is 452 g/mol. The lowest BCUT2D eigenvalue weighted by atomic mass is 10.0. The number of aromatic nitrogens is 5. The quantitative estimate of drug-likeness (QED) is 0.525. The van der Waals surface area contributed by atoms with E-state index in [-0.39, 0.29) is 29.6 Å². The van der Waals surface area contributed by atoms with Crippen molar-refractivity contribution in [3.63, 3.8) is 0 Å². The zero-order valence-corrected chi connectivity index (χ0v) is 19.3. The third kappa shape index (κ3) is 5.07. The Hall–Kier alpha value is -3.24. The molecule has 2 aromatic heterocycles. The number of tetrazole rings is 1. The maximum Gasteiger partial charge on any atom is 0.251 e. The molecule has 3 heterocycles. The van der Waals surface area contributed by atoms with Crippen molar-refractivity contribution in [1.29, 1.82) is 0 Å². The topological polar surface area (TPSA) is 110 Å². The van der Waals surface area contributed by atoms with Gasteiger partial charge in [0.05, 0.1) is 5.69 Å². The van der Waals surface area contributed by atoms with E-state index in [4.69, 9.17) is 0 Å². The number of nitrogens with one attached hydrogen (secondary N) is 3. The molecule has 9 nitrogen and oxygen atoms in total. The van der Waals surface area contributed by atoms with Crippen LogP contribution in [-0.4, -0.2) is 62.8 Å². The molecular formula is C23H29FN8O. The van der Waals surface area contributed by atoms with E-state index in [1.54, 1.807) is 36.0 Å². The number of hydrogen-bond acceptors (Lipinski definition) is 7. The number of piperazine rings is 1. The van der Waals surface area contributed by atoms with Crippen molar-refractivity contribution in [3.05, 3.63) is 53.2 Å². The number of benzene rings is 1. The van der Waals surface area contributed by atoms with Crippen LogP contribution < -0.4 is 16.0 Å². The van der Waals surface area contributed by atoms with Crippen LogP contribution in [0.1, 0.15) is 48.4 Å². The lowest BCUT2D eigenvalue weighted by Gasteiger charge is -2.30. The normalized spacial score (nSPS) is 17.2. The van der Waals surface area contributed by atoms with Crippen LogP contribution in [0.15, 0.2) is 30.5 Å². The van der Waals surface area contributed by atoms with Crippen molar-refractivity contribution >= 4 is 5.91 Å².